The van der Waals surface area contributed by atoms with Crippen LogP contribution in [0.5, 0.6) is 0 Å². The lowest BCUT2D eigenvalue weighted by Crippen LogP contribution is -1.85. The first kappa shape index (κ1) is 8.71. The lowest BCUT2D eigenvalue weighted by Gasteiger charge is -1.99. The zero-order chi connectivity index (χ0) is 8.43. The average molecular weight is 172 g/mol. The van der Waals surface area contributed by atoms with Gasteiger partial charge in [0.1, 0.15) is 0 Å². The van der Waals surface area contributed by atoms with Crippen molar-refractivity contribution in [3.63, 3.8) is 0 Å². The van der Waals surface area contributed by atoms with Crippen molar-refractivity contribution in [2.75, 3.05) is 0 Å². The molecule has 1 aromatic rings. The Hall–Kier alpha value is -0.380. The fourth-order valence-corrected chi connectivity index (χ4v) is 1.70. The normalized spacial score (nSPS) is 16.4. The van der Waals surface area contributed by atoms with Gasteiger partial charge in [0, 0.05) is 9.75 Å². The van der Waals surface area contributed by atoms with Gasteiger partial charge in [-0.1, -0.05) is 0 Å². The molecule has 1 aromatic heterocycles. The van der Waals surface area contributed by atoms with E-state index in [9.17, 15) is 0 Å². The number of hydrogen-bond acceptors (Lipinski definition) is 3. The van der Waals surface area contributed by atoms with Gasteiger partial charge in [0.2, 0.25) is 0 Å². The summed E-state index contributed by atoms with van der Waals surface area (Å²) < 4.78 is 0. The second kappa shape index (κ2) is 3.34. The van der Waals surface area contributed by atoms with E-state index in [-0.39, 0.29) is 0 Å². The Balaban J connectivity index is 2.82. The largest absolute Gasteiger partial charge is 0.388 e. The maximum Gasteiger partial charge on any atom is 0.0854 e. The molecule has 62 valence electrons. The molecule has 0 saturated heterocycles. The van der Waals surface area contributed by atoms with E-state index in [0.29, 0.717) is 0 Å². The molecule has 1 heterocycles. The van der Waals surface area contributed by atoms with E-state index >= 15 is 0 Å². The smallest absolute Gasteiger partial charge is 0.0854 e. The molecule has 1 rings (SSSR count). The highest BCUT2D eigenvalue weighted by Gasteiger charge is 2.07. The van der Waals surface area contributed by atoms with E-state index < -0.39 is 12.2 Å². The Kier molecular flexibility index (Phi) is 2.65. The summed E-state index contributed by atoms with van der Waals surface area (Å²) in [5.41, 5.74) is 0. The molecule has 0 amide bonds. The van der Waals surface area contributed by atoms with Crippen LogP contribution in [-0.2, 0) is 0 Å². The Morgan fingerprint density at radius 2 is 1.45 bits per heavy atom. The molecule has 0 radical (unpaired) electrons. The summed E-state index contributed by atoms with van der Waals surface area (Å²) in [6, 6.07) is 3.69. The molecule has 0 bridgehead atoms. The number of thiophene rings is 1. The molecular formula is C8H12O2S. The molecule has 0 aliphatic heterocycles. The van der Waals surface area contributed by atoms with Gasteiger partial charge < -0.3 is 10.2 Å². The van der Waals surface area contributed by atoms with E-state index in [1.165, 1.54) is 11.3 Å². The van der Waals surface area contributed by atoms with Crippen LogP contribution in [-0.4, -0.2) is 10.2 Å². The molecule has 0 fully saturated rings. The zero-order valence-corrected chi connectivity index (χ0v) is 7.43. The summed E-state index contributed by atoms with van der Waals surface area (Å²) in [7, 11) is 0. The molecular weight excluding hydrogens is 160 g/mol. The van der Waals surface area contributed by atoms with Crippen LogP contribution in [0.15, 0.2) is 12.1 Å². The first-order valence-electron chi connectivity index (χ1n) is 3.57. The van der Waals surface area contributed by atoms with Gasteiger partial charge in [-0.15, -0.1) is 11.3 Å². The molecule has 2 unspecified atom stereocenters. The monoisotopic (exact) mass is 172 g/mol. The highest BCUT2D eigenvalue weighted by atomic mass is 32.1. The predicted molar refractivity (Wildman–Crippen MR) is 45.6 cm³/mol. The number of aliphatic hydroxyl groups is 2. The summed E-state index contributed by atoms with van der Waals surface area (Å²) in [4.78, 5) is 1.81. The van der Waals surface area contributed by atoms with Crippen LogP contribution in [0.2, 0.25) is 0 Å². The third-order valence-electron chi connectivity index (χ3n) is 1.47. The highest BCUT2D eigenvalue weighted by molar-refractivity contribution is 7.12. The molecule has 3 heteroatoms. The zero-order valence-electron chi connectivity index (χ0n) is 6.61. The molecule has 0 saturated carbocycles. The minimum absolute atomic E-state index is 0.424. The first-order valence-corrected chi connectivity index (χ1v) is 4.38. The quantitative estimate of drug-likeness (QED) is 0.714. The Morgan fingerprint density at radius 1 is 1.09 bits per heavy atom. The van der Waals surface area contributed by atoms with Gasteiger partial charge in [-0.2, -0.15) is 0 Å². The van der Waals surface area contributed by atoms with Crippen LogP contribution in [0.1, 0.15) is 35.8 Å². The van der Waals surface area contributed by atoms with Crippen LogP contribution in [0.25, 0.3) is 0 Å². The van der Waals surface area contributed by atoms with Gasteiger partial charge in [-0.25, -0.2) is 0 Å². The lowest BCUT2D eigenvalue weighted by molar-refractivity contribution is 0.202. The van der Waals surface area contributed by atoms with E-state index in [1.54, 1.807) is 13.8 Å². The minimum Gasteiger partial charge on any atom is -0.388 e. The van der Waals surface area contributed by atoms with Crippen LogP contribution < -0.4 is 0 Å². The van der Waals surface area contributed by atoms with Gasteiger partial charge in [0.15, 0.2) is 0 Å². The Morgan fingerprint density at radius 3 is 1.64 bits per heavy atom. The number of rotatable bonds is 2. The van der Waals surface area contributed by atoms with Crippen molar-refractivity contribution in [2.24, 2.45) is 0 Å². The average Bonchev–Trinajstić information content (AvgIpc) is 2.33. The molecule has 2 N–H and O–H groups in total. The number of hydrogen-bond donors (Lipinski definition) is 2. The van der Waals surface area contributed by atoms with E-state index in [1.807, 2.05) is 12.1 Å². The molecule has 0 aromatic carbocycles. The van der Waals surface area contributed by atoms with Crippen LogP contribution in [0, 0.1) is 0 Å². The Labute approximate surface area is 70.1 Å². The maximum absolute atomic E-state index is 9.15. The summed E-state index contributed by atoms with van der Waals surface area (Å²) in [6.07, 6.45) is -0.847. The van der Waals surface area contributed by atoms with Crippen molar-refractivity contribution in [1.82, 2.24) is 0 Å². The second-order valence-electron chi connectivity index (χ2n) is 2.59. The first-order chi connectivity index (χ1) is 5.11. The predicted octanol–water partition coefficient (Wildman–Crippen LogP) is 1.85. The summed E-state index contributed by atoms with van der Waals surface area (Å²) in [5.74, 6) is 0. The van der Waals surface area contributed by atoms with Crippen molar-refractivity contribution in [3.8, 4) is 0 Å². The fraction of sp³-hybridized carbons (Fsp3) is 0.500. The van der Waals surface area contributed by atoms with E-state index in [2.05, 4.69) is 0 Å². The summed E-state index contributed by atoms with van der Waals surface area (Å²) in [6.45, 7) is 3.44. The SMILES string of the molecule is CC(O)c1ccc(C(C)O)s1. The molecule has 11 heavy (non-hydrogen) atoms. The third-order valence-corrected chi connectivity index (χ3v) is 2.90. The molecule has 2 atom stereocenters. The third kappa shape index (κ3) is 2.02. The maximum atomic E-state index is 9.15. The molecule has 0 aliphatic rings. The Bertz CT molecular complexity index is 205. The van der Waals surface area contributed by atoms with Crippen molar-refractivity contribution < 1.29 is 10.2 Å². The number of aliphatic hydroxyl groups excluding tert-OH is 2. The highest BCUT2D eigenvalue weighted by Crippen LogP contribution is 2.26. The minimum atomic E-state index is -0.424. The second-order valence-corrected chi connectivity index (χ2v) is 3.74. The van der Waals surface area contributed by atoms with Crippen molar-refractivity contribution in [2.45, 2.75) is 26.1 Å². The van der Waals surface area contributed by atoms with Crippen LogP contribution >= 0.6 is 11.3 Å². The molecule has 0 aliphatic carbocycles. The van der Waals surface area contributed by atoms with E-state index in [4.69, 9.17) is 10.2 Å². The van der Waals surface area contributed by atoms with Crippen LogP contribution in [0.4, 0.5) is 0 Å². The lowest BCUT2D eigenvalue weighted by atomic mass is 10.3. The topological polar surface area (TPSA) is 40.5 Å². The van der Waals surface area contributed by atoms with Gasteiger partial charge in [-0.3, -0.25) is 0 Å². The molecule has 0 spiro atoms. The standard InChI is InChI=1S/C8H12O2S/c1-5(9)7-3-4-8(11-7)6(2)10/h3-6,9-10H,1-2H3. The van der Waals surface area contributed by atoms with Crippen molar-refractivity contribution in [3.05, 3.63) is 21.9 Å². The fourth-order valence-electron chi connectivity index (χ4n) is 0.817. The van der Waals surface area contributed by atoms with Gasteiger partial charge in [0.25, 0.3) is 0 Å². The summed E-state index contributed by atoms with van der Waals surface area (Å²) in [5, 5.41) is 18.3. The summed E-state index contributed by atoms with van der Waals surface area (Å²) >= 11 is 1.45. The van der Waals surface area contributed by atoms with Gasteiger partial charge >= 0.3 is 0 Å². The van der Waals surface area contributed by atoms with Crippen LogP contribution in [0.3, 0.4) is 0 Å². The van der Waals surface area contributed by atoms with E-state index in [0.717, 1.165) is 9.75 Å². The van der Waals surface area contributed by atoms with Crippen molar-refractivity contribution >= 4 is 11.3 Å². The van der Waals surface area contributed by atoms with Gasteiger partial charge in [0.05, 0.1) is 12.2 Å². The van der Waals surface area contributed by atoms with Gasteiger partial charge in [-0.05, 0) is 26.0 Å². The molecule has 2 nitrogen and oxygen atoms in total. The van der Waals surface area contributed by atoms with Crippen molar-refractivity contribution in [1.29, 1.82) is 0 Å².